The van der Waals surface area contributed by atoms with Crippen molar-refractivity contribution in [1.29, 1.82) is 0 Å². The standard InChI is InChI=1S/C17H17ClN2O4S/c18-11-3-5-13(6-4-11)24-9-15-19-12(10-25-15)8-16(21)20-7-1-2-14(20)17(22)23/h3-6,10,14H,1-2,7-9H2,(H,22,23). The topological polar surface area (TPSA) is 79.7 Å². The Kier molecular flexibility index (Phi) is 5.55. The summed E-state index contributed by atoms with van der Waals surface area (Å²) in [5, 5.41) is 12.4. The Hall–Kier alpha value is -2.12. The number of likely N-dealkylation sites (tertiary alicyclic amines) is 1. The lowest BCUT2D eigenvalue weighted by atomic mass is 10.2. The molecular weight excluding hydrogens is 364 g/mol. The van der Waals surface area contributed by atoms with Crippen molar-refractivity contribution in [1.82, 2.24) is 9.88 Å². The zero-order valence-electron chi connectivity index (χ0n) is 13.4. The highest BCUT2D eigenvalue weighted by Crippen LogP contribution is 2.21. The number of carboxylic acids is 1. The summed E-state index contributed by atoms with van der Waals surface area (Å²) in [5.74, 6) is -0.444. The first kappa shape index (κ1) is 17.7. The Balaban J connectivity index is 1.55. The first-order valence-corrected chi connectivity index (χ1v) is 9.12. The highest BCUT2D eigenvalue weighted by molar-refractivity contribution is 7.09. The van der Waals surface area contributed by atoms with Crippen molar-refractivity contribution in [2.75, 3.05) is 6.54 Å². The van der Waals surface area contributed by atoms with Crippen LogP contribution >= 0.6 is 22.9 Å². The van der Waals surface area contributed by atoms with Gasteiger partial charge in [-0.25, -0.2) is 9.78 Å². The third kappa shape index (κ3) is 4.49. The largest absolute Gasteiger partial charge is 0.486 e. The summed E-state index contributed by atoms with van der Waals surface area (Å²) >= 11 is 7.24. The molecule has 1 atom stereocenters. The number of hydrogen-bond acceptors (Lipinski definition) is 5. The Morgan fingerprint density at radius 2 is 2.12 bits per heavy atom. The average molecular weight is 381 g/mol. The molecule has 1 aliphatic heterocycles. The number of halogens is 1. The summed E-state index contributed by atoms with van der Waals surface area (Å²) in [6, 6.07) is 6.34. The number of benzene rings is 1. The van der Waals surface area contributed by atoms with Gasteiger partial charge in [0, 0.05) is 16.9 Å². The van der Waals surface area contributed by atoms with Crippen molar-refractivity contribution in [3.05, 3.63) is 45.4 Å². The van der Waals surface area contributed by atoms with E-state index >= 15 is 0 Å². The summed E-state index contributed by atoms with van der Waals surface area (Å²) in [6.45, 7) is 0.800. The average Bonchev–Trinajstić information content (AvgIpc) is 3.23. The molecule has 0 radical (unpaired) electrons. The molecule has 1 saturated heterocycles. The number of rotatable bonds is 6. The fourth-order valence-corrected chi connectivity index (χ4v) is 3.58. The van der Waals surface area contributed by atoms with Crippen molar-refractivity contribution in [2.24, 2.45) is 0 Å². The van der Waals surface area contributed by atoms with Gasteiger partial charge in [-0.05, 0) is 37.1 Å². The second-order valence-electron chi connectivity index (χ2n) is 5.74. The summed E-state index contributed by atoms with van der Waals surface area (Å²) in [6.07, 6.45) is 1.35. The zero-order valence-corrected chi connectivity index (χ0v) is 14.9. The van der Waals surface area contributed by atoms with E-state index in [1.54, 1.807) is 24.3 Å². The van der Waals surface area contributed by atoms with Crippen LogP contribution in [0.2, 0.25) is 5.02 Å². The molecule has 1 N–H and O–H groups in total. The molecule has 0 aliphatic carbocycles. The Morgan fingerprint density at radius 1 is 1.36 bits per heavy atom. The van der Waals surface area contributed by atoms with E-state index in [9.17, 15) is 9.59 Å². The van der Waals surface area contributed by atoms with Crippen LogP contribution in [0.3, 0.4) is 0 Å². The molecule has 25 heavy (non-hydrogen) atoms. The SMILES string of the molecule is O=C(O)C1CCCN1C(=O)Cc1csc(COc2ccc(Cl)cc2)n1. The van der Waals surface area contributed by atoms with Crippen LogP contribution in [0.15, 0.2) is 29.6 Å². The normalized spacial score (nSPS) is 16.8. The van der Waals surface area contributed by atoms with Gasteiger partial charge in [0.05, 0.1) is 12.1 Å². The van der Waals surface area contributed by atoms with E-state index in [2.05, 4.69) is 4.98 Å². The quantitative estimate of drug-likeness (QED) is 0.833. The number of thiazole rings is 1. The highest BCUT2D eigenvalue weighted by atomic mass is 35.5. The number of amides is 1. The number of aromatic nitrogens is 1. The maximum Gasteiger partial charge on any atom is 0.326 e. The van der Waals surface area contributed by atoms with Crippen LogP contribution in [0.5, 0.6) is 5.75 Å². The fraction of sp³-hybridized carbons (Fsp3) is 0.353. The van der Waals surface area contributed by atoms with Gasteiger partial charge < -0.3 is 14.7 Å². The molecule has 2 heterocycles. The summed E-state index contributed by atoms with van der Waals surface area (Å²) < 4.78 is 5.63. The van der Waals surface area contributed by atoms with E-state index in [1.807, 2.05) is 5.38 Å². The minimum absolute atomic E-state index is 0.112. The van der Waals surface area contributed by atoms with E-state index in [4.69, 9.17) is 21.4 Å². The first-order valence-electron chi connectivity index (χ1n) is 7.87. The summed E-state index contributed by atoms with van der Waals surface area (Å²) in [4.78, 5) is 29.3. The number of ether oxygens (including phenoxy) is 1. The van der Waals surface area contributed by atoms with Gasteiger partial charge in [-0.3, -0.25) is 4.79 Å². The molecule has 2 aromatic rings. The van der Waals surface area contributed by atoms with E-state index in [0.717, 1.165) is 11.4 Å². The minimum Gasteiger partial charge on any atom is -0.486 e. The second-order valence-corrected chi connectivity index (χ2v) is 7.11. The van der Waals surface area contributed by atoms with Crippen LogP contribution in [-0.2, 0) is 22.6 Å². The Bertz CT molecular complexity index is 762. The maximum atomic E-state index is 12.3. The number of nitrogens with zero attached hydrogens (tertiary/aromatic N) is 2. The van der Waals surface area contributed by atoms with Gasteiger partial charge in [0.15, 0.2) is 0 Å². The molecule has 6 nitrogen and oxygen atoms in total. The molecule has 8 heteroatoms. The van der Waals surface area contributed by atoms with Crippen LogP contribution in [0.4, 0.5) is 0 Å². The van der Waals surface area contributed by atoms with Crippen LogP contribution < -0.4 is 4.74 Å². The van der Waals surface area contributed by atoms with Crippen LogP contribution in [0, 0.1) is 0 Å². The van der Waals surface area contributed by atoms with Gasteiger partial charge in [-0.15, -0.1) is 11.3 Å². The number of hydrogen-bond donors (Lipinski definition) is 1. The van der Waals surface area contributed by atoms with Crippen molar-refractivity contribution >= 4 is 34.8 Å². The zero-order chi connectivity index (χ0) is 17.8. The van der Waals surface area contributed by atoms with Gasteiger partial charge in [0.2, 0.25) is 5.91 Å². The van der Waals surface area contributed by atoms with Crippen LogP contribution in [0.25, 0.3) is 0 Å². The van der Waals surface area contributed by atoms with Crippen molar-refractivity contribution in [2.45, 2.75) is 31.9 Å². The highest BCUT2D eigenvalue weighted by Gasteiger charge is 2.33. The van der Waals surface area contributed by atoms with Gasteiger partial charge in [-0.2, -0.15) is 0 Å². The molecule has 0 bridgehead atoms. The molecule has 1 aromatic heterocycles. The monoisotopic (exact) mass is 380 g/mol. The summed E-state index contributed by atoms with van der Waals surface area (Å²) in [7, 11) is 0. The molecule has 1 unspecified atom stereocenters. The number of carbonyl (C=O) groups excluding carboxylic acids is 1. The smallest absolute Gasteiger partial charge is 0.326 e. The lowest BCUT2D eigenvalue weighted by molar-refractivity contribution is -0.148. The molecule has 132 valence electrons. The molecule has 0 saturated carbocycles. The molecule has 3 rings (SSSR count). The lowest BCUT2D eigenvalue weighted by Crippen LogP contribution is -2.41. The first-order chi connectivity index (χ1) is 12.0. The van der Waals surface area contributed by atoms with Gasteiger partial charge in [0.1, 0.15) is 23.4 Å². The maximum absolute atomic E-state index is 12.3. The summed E-state index contributed by atoms with van der Waals surface area (Å²) in [5.41, 5.74) is 0.640. The van der Waals surface area contributed by atoms with Crippen molar-refractivity contribution < 1.29 is 19.4 Å². The van der Waals surface area contributed by atoms with Crippen molar-refractivity contribution in [3.8, 4) is 5.75 Å². The minimum atomic E-state index is -0.943. The predicted molar refractivity (Wildman–Crippen MR) is 94.0 cm³/mol. The second kappa shape index (κ2) is 7.84. The van der Waals surface area contributed by atoms with E-state index in [-0.39, 0.29) is 12.3 Å². The third-order valence-electron chi connectivity index (χ3n) is 3.97. The van der Waals surface area contributed by atoms with Gasteiger partial charge >= 0.3 is 5.97 Å². The Morgan fingerprint density at radius 3 is 2.84 bits per heavy atom. The number of aliphatic carboxylic acids is 1. The van der Waals surface area contributed by atoms with E-state index in [1.165, 1.54) is 16.2 Å². The third-order valence-corrected chi connectivity index (χ3v) is 5.09. The molecule has 1 fully saturated rings. The molecular formula is C17H17ClN2O4S. The van der Waals surface area contributed by atoms with Crippen LogP contribution in [-0.4, -0.2) is 39.5 Å². The molecule has 1 aliphatic rings. The van der Waals surface area contributed by atoms with E-state index in [0.29, 0.717) is 36.0 Å². The lowest BCUT2D eigenvalue weighted by Gasteiger charge is -2.20. The van der Waals surface area contributed by atoms with E-state index < -0.39 is 12.0 Å². The number of carboxylic acid groups (broad SMARTS) is 1. The molecule has 0 spiro atoms. The Labute approximate surface area is 154 Å². The number of carbonyl (C=O) groups is 2. The predicted octanol–water partition coefficient (Wildman–Crippen LogP) is 2.99. The molecule has 1 amide bonds. The fourth-order valence-electron chi connectivity index (χ4n) is 2.75. The van der Waals surface area contributed by atoms with Crippen LogP contribution in [0.1, 0.15) is 23.5 Å². The van der Waals surface area contributed by atoms with Gasteiger partial charge in [0.25, 0.3) is 0 Å². The van der Waals surface area contributed by atoms with Gasteiger partial charge in [-0.1, -0.05) is 11.6 Å². The van der Waals surface area contributed by atoms with Crippen molar-refractivity contribution in [3.63, 3.8) is 0 Å². The molecule has 1 aromatic carbocycles.